The third-order valence-corrected chi connectivity index (χ3v) is 2.08. The molecule has 0 radical (unpaired) electrons. The van der Waals surface area contributed by atoms with Crippen LogP contribution in [0.2, 0.25) is 0 Å². The van der Waals surface area contributed by atoms with E-state index < -0.39 is 0 Å². The van der Waals surface area contributed by atoms with Gasteiger partial charge < -0.3 is 5.11 Å². The maximum absolute atomic E-state index is 11.4. The number of benzene rings is 1. The molecule has 60 valence electrons. The van der Waals surface area contributed by atoms with Crippen molar-refractivity contribution < 1.29 is 39.5 Å². The van der Waals surface area contributed by atoms with Gasteiger partial charge in [0.1, 0.15) is 0 Å². The number of carbonyl (C=O) groups excluding carboxylic acids is 1. The summed E-state index contributed by atoms with van der Waals surface area (Å²) < 4.78 is 0. The second-order valence-electron chi connectivity index (χ2n) is 2.81. The van der Waals surface area contributed by atoms with E-state index in [1.165, 1.54) is 0 Å². The van der Waals surface area contributed by atoms with Gasteiger partial charge in [0.15, 0.2) is 5.78 Å². The largest absolute Gasteiger partial charge is 1.00 e. The summed E-state index contributed by atoms with van der Waals surface area (Å²) in [5, 5.41) is 10.4. The van der Waals surface area contributed by atoms with Gasteiger partial charge in [-0.05, 0) is 11.1 Å². The molecule has 1 aliphatic rings. The fourth-order valence-electron chi connectivity index (χ4n) is 1.45. The number of hydrogen-bond acceptors (Lipinski definition) is 2. The van der Waals surface area contributed by atoms with Crippen molar-refractivity contribution in [3.05, 3.63) is 47.2 Å². The zero-order chi connectivity index (χ0) is 8.55. The third-order valence-electron chi connectivity index (χ3n) is 2.08. The number of Topliss-reactive ketones (excluding diaryl/α,β-unsaturated/α-hetero) is 1. The normalized spacial score (nSPS) is 16.9. The van der Waals surface area contributed by atoms with Crippen molar-refractivity contribution >= 4 is 5.78 Å². The van der Waals surface area contributed by atoms with E-state index in [0.717, 1.165) is 5.56 Å². The molecule has 1 aliphatic carbocycles. The van der Waals surface area contributed by atoms with E-state index in [4.69, 9.17) is 0 Å². The Balaban J connectivity index is 0.000000845. The zero-order valence-electron chi connectivity index (χ0n) is 7.41. The minimum Gasteiger partial charge on any atom is -0.878 e. The van der Waals surface area contributed by atoms with E-state index in [1.807, 2.05) is 18.2 Å². The Kier molecular flexibility index (Phi) is 3.31. The Morgan fingerprint density at radius 1 is 1.31 bits per heavy atom. The Morgan fingerprint density at radius 2 is 2.00 bits per heavy atom. The van der Waals surface area contributed by atoms with Crippen molar-refractivity contribution in [1.29, 1.82) is 0 Å². The van der Waals surface area contributed by atoms with Crippen LogP contribution < -0.4 is 34.7 Å². The van der Waals surface area contributed by atoms with Crippen LogP contribution in [0.25, 0.3) is 0 Å². The van der Waals surface area contributed by atoms with Crippen LogP contribution in [0.15, 0.2) is 36.1 Å². The second-order valence-corrected chi connectivity index (χ2v) is 2.81. The summed E-state index contributed by atoms with van der Waals surface area (Å²) in [5.74, 6) is -0.111. The average Bonchev–Trinajstić information content (AvgIpc) is 2.44. The molecular weight excluding hydrogens is 175 g/mol. The van der Waals surface area contributed by atoms with Crippen LogP contribution in [-0.2, 0) is 6.42 Å². The van der Waals surface area contributed by atoms with Crippen molar-refractivity contribution in [2.24, 2.45) is 0 Å². The summed E-state index contributed by atoms with van der Waals surface area (Å²) >= 11 is 0. The molecule has 1 aromatic carbocycles. The van der Waals surface area contributed by atoms with E-state index in [1.54, 1.807) is 6.07 Å². The molecule has 0 amide bonds. The van der Waals surface area contributed by atoms with Gasteiger partial charge >= 0.3 is 29.6 Å². The molecule has 0 saturated carbocycles. The number of carbonyl (C=O) groups is 1. The minimum atomic E-state index is -0.111. The van der Waals surface area contributed by atoms with E-state index in [0.29, 0.717) is 23.8 Å². The van der Waals surface area contributed by atoms with Crippen LogP contribution in [-0.4, -0.2) is 5.78 Å². The summed E-state index contributed by atoms with van der Waals surface area (Å²) in [6.07, 6.45) is 1.15. The molecular formula is C10H7NaO2. The smallest absolute Gasteiger partial charge is 0.878 e. The Labute approximate surface area is 98.6 Å². The first-order valence-corrected chi connectivity index (χ1v) is 3.76. The third kappa shape index (κ3) is 1.70. The van der Waals surface area contributed by atoms with Crippen LogP contribution in [0.4, 0.5) is 0 Å². The number of ketones is 1. The van der Waals surface area contributed by atoms with Gasteiger partial charge in [0.2, 0.25) is 0 Å². The van der Waals surface area contributed by atoms with Crippen molar-refractivity contribution in [3.8, 4) is 0 Å². The second kappa shape index (κ2) is 4.09. The van der Waals surface area contributed by atoms with Gasteiger partial charge in [0.05, 0.1) is 0 Å². The summed E-state index contributed by atoms with van der Waals surface area (Å²) in [6.45, 7) is 0. The van der Waals surface area contributed by atoms with Crippen LogP contribution in [0.3, 0.4) is 0 Å². The van der Waals surface area contributed by atoms with Crippen LogP contribution >= 0.6 is 0 Å². The van der Waals surface area contributed by atoms with Gasteiger partial charge in [-0.3, -0.25) is 4.79 Å². The predicted octanol–water partition coefficient (Wildman–Crippen LogP) is -2.33. The standard InChI is InChI=1S/C10H8O2.Na/c11-6-8-5-7-3-1-2-4-9(7)10(8)12;/h1-4,6,11H,5H2;/q;+1/p-1/b8-6-;. The van der Waals surface area contributed by atoms with Gasteiger partial charge in [-0.25, -0.2) is 0 Å². The summed E-state index contributed by atoms with van der Waals surface area (Å²) in [4.78, 5) is 11.4. The summed E-state index contributed by atoms with van der Waals surface area (Å²) in [6, 6.07) is 7.32. The molecule has 0 fully saturated rings. The predicted molar refractivity (Wildman–Crippen MR) is 42.6 cm³/mol. The van der Waals surface area contributed by atoms with Crippen molar-refractivity contribution in [1.82, 2.24) is 0 Å². The maximum Gasteiger partial charge on any atom is 1.00 e. The monoisotopic (exact) mass is 182 g/mol. The molecule has 0 N–H and O–H groups in total. The fourth-order valence-corrected chi connectivity index (χ4v) is 1.45. The molecule has 0 bridgehead atoms. The van der Waals surface area contributed by atoms with Gasteiger partial charge in [0, 0.05) is 12.0 Å². The molecule has 0 saturated heterocycles. The fraction of sp³-hybridized carbons (Fsp3) is 0.100. The van der Waals surface area contributed by atoms with E-state index in [-0.39, 0.29) is 35.3 Å². The van der Waals surface area contributed by atoms with Crippen LogP contribution in [0.1, 0.15) is 15.9 Å². The first-order chi connectivity index (χ1) is 5.83. The average molecular weight is 182 g/mol. The molecule has 0 aromatic heterocycles. The molecule has 2 rings (SSSR count). The zero-order valence-corrected chi connectivity index (χ0v) is 9.41. The number of allylic oxidation sites excluding steroid dienone is 1. The molecule has 0 heterocycles. The van der Waals surface area contributed by atoms with Gasteiger partial charge in [0.25, 0.3) is 0 Å². The molecule has 13 heavy (non-hydrogen) atoms. The Hall–Kier alpha value is -0.570. The van der Waals surface area contributed by atoms with Gasteiger partial charge in [-0.15, -0.1) is 6.26 Å². The van der Waals surface area contributed by atoms with Crippen molar-refractivity contribution in [2.45, 2.75) is 6.42 Å². The summed E-state index contributed by atoms with van der Waals surface area (Å²) in [5.41, 5.74) is 2.01. The van der Waals surface area contributed by atoms with E-state index in [9.17, 15) is 9.90 Å². The molecule has 0 atom stereocenters. The minimum absolute atomic E-state index is 0. The molecule has 0 unspecified atom stereocenters. The SMILES string of the molecule is O=C1/C(=C\[O-])Cc2ccccc21.[Na+]. The number of fused-ring (bicyclic) bond motifs is 1. The first kappa shape index (κ1) is 10.5. The molecule has 1 aromatic rings. The van der Waals surface area contributed by atoms with E-state index in [2.05, 4.69) is 0 Å². The van der Waals surface area contributed by atoms with Crippen LogP contribution in [0, 0.1) is 0 Å². The van der Waals surface area contributed by atoms with E-state index >= 15 is 0 Å². The van der Waals surface area contributed by atoms with Gasteiger partial charge in [-0.1, -0.05) is 24.3 Å². The van der Waals surface area contributed by atoms with Crippen LogP contribution in [0.5, 0.6) is 0 Å². The molecule has 0 spiro atoms. The Morgan fingerprint density at radius 3 is 2.62 bits per heavy atom. The molecule has 3 heteroatoms. The number of hydrogen-bond donors (Lipinski definition) is 0. The topological polar surface area (TPSA) is 40.1 Å². The molecule has 2 nitrogen and oxygen atoms in total. The Bertz CT molecular complexity index is 369. The van der Waals surface area contributed by atoms with Gasteiger partial charge in [-0.2, -0.15) is 0 Å². The van der Waals surface area contributed by atoms with Crippen molar-refractivity contribution in [2.75, 3.05) is 0 Å². The summed E-state index contributed by atoms with van der Waals surface area (Å²) in [7, 11) is 0. The van der Waals surface area contributed by atoms with Crippen molar-refractivity contribution in [3.63, 3.8) is 0 Å². The quantitative estimate of drug-likeness (QED) is 0.256. The molecule has 0 aliphatic heterocycles. The first-order valence-electron chi connectivity index (χ1n) is 3.76. The maximum atomic E-state index is 11.4. The number of rotatable bonds is 0.